The molecule has 0 aliphatic carbocycles. The van der Waals surface area contributed by atoms with Crippen LogP contribution in [0.5, 0.6) is 5.75 Å². The molecule has 0 fully saturated rings. The summed E-state index contributed by atoms with van der Waals surface area (Å²) in [6, 6.07) is 23.6. The molecule has 5 nitrogen and oxygen atoms in total. The fourth-order valence-electron chi connectivity index (χ4n) is 3.66. The summed E-state index contributed by atoms with van der Waals surface area (Å²) in [5, 5.41) is 2.85. The first kappa shape index (κ1) is 19.3. The number of fused-ring (bicyclic) bond motifs is 2. The molecule has 5 rings (SSSR count). The Morgan fingerprint density at radius 1 is 1.06 bits per heavy atom. The van der Waals surface area contributed by atoms with Crippen LogP contribution in [0.25, 0.3) is 21.0 Å². The van der Waals surface area contributed by atoms with Gasteiger partial charge in [-0.3, -0.25) is 9.69 Å². The first-order chi connectivity index (χ1) is 15.2. The van der Waals surface area contributed by atoms with Gasteiger partial charge in [-0.25, -0.2) is 4.98 Å². The predicted octanol–water partition coefficient (Wildman–Crippen LogP) is 5.83. The molecule has 0 unspecified atom stereocenters. The lowest BCUT2D eigenvalue weighted by molar-refractivity contribution is -0.118. The van der Waals surface area contributed by atoms with Crippen molar-refractivity contribution in [3.63, 3.8) is 0 Å². The molecule has 6 heteroatoms. The van der Waals surface area contributed by atoms with Crippen LogP contribution in [0, 0.1) is 0 Å². The highest BCUT2D eigenvalue weighted by molar-refractivity contribution is 7.22. The number of carbonyl (C=O) groups excluding carboxylic acids is 1. The Balaban J connectivity index is 1.52. The van der Waals surface area contributed by atoms with Gasteiger partial charge in [0.25, 0.3) is 0 Å². The Hall–Kier alpha value is -3.64. The van der Waals surface area contributed by atoms with Crippen LogP contribution in [0.15, 0.2) is 83.5 Å². The standard InChI is InChI=1S/C25H20N2O3S/c1-29-19-11-12-23-22(15-19)26-25(31-23)27(16-20-9-5-13-30-20)24(28)14-18-8-4-7-17-6-2-3-10-21(17)18/h2-13,15H,14,16H2,1H3. The SMILES string of the molecule is COc1ccc2sc(N(Cc3ccco3)C(=O)Cc3cccc4ccccc34)nc2c1. The van der Waals surface area contributed by atoms with Crippen molar-refractivity contribution in [1.82, 2.24) is 4.98 Å². The van der Waals surface area contributed by atoms with Crippen molar-refractivity contribution in [1.29, 1.82) is 0 Å². The van der Waals surface area contributed by atoms with E-state index in [1.54, 1.807) is 18.3 Å². The van der Waals surface area contributed by atoms with Crippen LogP contribution < -0.4 is 9.64 Å². The molecular formula is C25H20N2O3S. The van der Waals surface area contributed by atoms with E-state index >= 15 is 0 Å². The molecule has 154 valence electrons. The fourth-order valence-corrected chi connectivity index (χ4v) is 4.63. The summed E-state index contributed by atoms with van der Waals surface area (Å²) in [7, 11) is 1.63. The van der Waals surface area contributed by atoms with Gasteiger partial charge < -0.3 is 9.15 Å². The summed E-state index contributed by atoms with van der Waals surface area (Å²) >= 11 is 1.49. The van der Waals surface area contributed by atoms with E-state index < -0.39 is 0 Å². The lowest BCUT2D eigenvalue weighted by atomic mass is 10.0. The number of thiazole rings is 1. The van der Waals surface area contributed by atoms with E-state index in [0.717, 1.165) is 32.3 Å². The van der Waals surface area contributed by atoms with Crippen molar-refractivity contribution in [3.8, 4) is 5.75 Å². The smallest absolute Gasteiger partial charge is 0.233 e. The van der Waals surface area contributed by atoms with Crippen molar-refractivity contribution in [2.45, 2.75) is 13.0 Å². The minimum absolute atomic E-state index is 0.0289. The zero-order chi connectivity index (χ0) is 21.2. The normalized spacial score (nSPS) is 11.1. The van der Waals surface area contributed by atoms with Gasteiger partial charge in [-0.2, -0.15) is 0 Å². The van der Waals surface area contributed by atoms with E-state index in [4.69, 9.17) is 14.1 Å². The monoisotopic (exact) mass is 428 g/mol. The van der Waals surface area contributed by atoms with Crippen LogP contribution in [-0.2, 0) is 17.8 Å². The van der Waals surface area contributed by atoms with Gasteiger partial charge in [-0.05, 0) is 40.6 Å². The number of amides is 1. The molecular weight excluding hydrogens is 408 g/mol. The third kappa shape index (κ3) is 3.90. The van der Waals surface area contributed by atoms with Gasteiger partial charge in [0.2, 0.25) is 5.91 Å². The molecule has 0 spiro atoms. The van der Waals surface area contributed by atoms with Gasteiger partial charge in [0, 0.05) is 6.07 Å². The fraction of sp³-hybridized carbons (Fsp3) is 0.120. The summed E-state index contributed by atoms with van der Waals surface area (Å²) < 4.78 is 11.8. The van der Waals surface area contributed by atoms with Crippen molar-refractivity contribution in [2.75, 3.05) is 12.0 Å². The third-order valence-electron chi connectivity index (χ3n) is 5.23. The van der Waals surface area contributed by atoms with Crippen LogP contribution in [0.3, 0.4) is 0 Å². The Kier molecular flexibility index (Phi) is 5.14. The van der Waals surface area contributed by atoms with Gasteiger partial charge in [0.1, 0.15) is 11.5 Å². The van der Waals surface area contributed by atoms with Crippen molar-refractivity contribution >= 4 is 43.4 Å². The molecule has 0 N–H and O–H groups in total. The second-order valence-electron chi connectivity index (χ2n) is 7.20. The topological polar surface area (TPSA) is 55.6 Å². The van der Waals surface area contributed by atoms with Gasteiger partial charge in [-0.15, -0.1) is 0 Å². The van der Waals surface area contributed by atoms with E-state index in [2.05, 4.69) is 18.2 Å². The van der Waals surface area contributed by atoms with Crippen LogP contribution in [0.4, 0.5) is 5.13 Å². The number of carbonyl (C=O) groups is 1. The van der Waals surface area contributed by atoms with Gasteiger partial charge in [-0.1, -0.05) is 53.8 Å². The number of benzene rings is 3. The van der Waals surface area contributed by atoms with E-state index in [-0.39, 0.29) is 12.3 Å². The summed E-state index contributed by atoms with van der Waals surface area (Å²) in [5.41, 5.74) is 1.80. The molecule has 0 saturated heterocycles. The number of aromatic nitrogens is 1. The summed E-state index contributed by atoms with van der Waals surface area (Å²) in [4.78, 5) is 19.9. The second kappa shape index (κ2) is 8.24. The lowest BCUT2D eigenvalue weighted by Crippen LogP contribution is -2.31. The minimum atomic E-state index is -0.0289. The predicted molar refractivity (Wildman–Crippen MR) is 124 cm³/mol. The van der Waals surface area contributed by atoms with Crippen LogP contribution in [0.1, 0.15) is 11.3 Å². The second-order valence-corrected chi connectivity index (χ2v) is 8.21. The van der Waals surface area contributed by atoms with Crippen LogP contribution in [-0.4, -0.2) is 18.0 Å². The Morgan fingerprint density at radius 2 is 1.94 bits per heavy atom. The quantitative estimate of drug-likeness (QED) is 0.342. The van der Waals surface area contributed by atoms with Crippen molar-refractivity contribution in [3.05, 3.63) is 90.4 Å². The Bertz CT molecular complexity index is 1350. The molecule has 1 amide bonds. The number of ether oxygens (including phenoxy) is 1. The zero-order valence-corrected chi connectivity index (χ0v) is 17.8. The first-order valence-electron chi connectivity index (χ1n) is 9.95. The highest BCUT2D eigenvalue weighted by Gasteiger charge is 2.22. The number of furan rings is 1. The maximum Gasteiger partial charge on any atom is 0.233 e. The number of methoxy groups -OCH3 is 1. The highest BCUT2D eigenvalue weighted by Crippen LogP contribution is 2.32. The molecule has 2 aromatic heterocycles. The molecule has 0 atom stereocenters. The van der Waals surface area contributed by atoms with E-state index in [0.29, 0.717) is 17.4 Å². The number of rotatable bonds is 6. The summed E-state index contributed by atoms with van der Waals surface area (Å²) in [6.45, 7) is 0.327. The largest absolute Gasteiger partial charge is 0.497 e. The lowest BCUT2D eigenvalue weighted by Gasteiger charge is -2.19. The molecule has 3 aromatic carbocycles. The van der Waals surface area contributed by atoms with Crippen molar-refractivity contribution < 1.29 is 13.9 Å². The Labute approximate surface area is 183 Å². The molecule has 0 saturated carbocycles. The molecule has 0 bridgehead atoms. The average molecular weight is 429 g/mol. The van der Waals surface area contributed by atoms with Crippen LogP contribution >= 0.6 is 11.3 Å². The van der Waals surface area contributed by atoms with E-state index in [1.165, 1.54) is 11.3 Å². The first-order valence-corrected chi connectivity index (χ1v) is 10.8. The van der Waals surface area contributed by atoms with Gasteiger partial charge in [0.15, 0.2) is 5.13 Å². The molecule has 2 heterocycles. The van der Waals surface area contributed by atoms with Crippen molar-refractivity contribution in [2.24, 2.45) is 0 Å². The Morgan fingerprint density at radius 3 is 2.77 bits per heavy atom. The average Bonchev–Trinajstić information content (AvgIpc) is 3.46. The molecule has 31 heavy (non-hydrogen) atoms. The molecule has 0 aliphatic rings. The van der Waals surface area contributed by atoms with Crippen LogP contribution in [0.2, 0.25) is 0 Å². The van der Waals surface area contributed by atoms with E-state index in [1.807, 2.05) is 54.6 Å². The molecule has 5 aromatic rings. The minimum Gasteiger partial charge on any atom is -0.497 e. The maximum absolute atomic E-state index is 13.5. The summed E-state index contributed by atoms with van der Waals surface area (Å²) in [5.74, 6) is 1.42. The number of anilines is 1. The summed E-state index contributed by atoms with van der Waals surface area (Å²) in [6.07, 6.45) is 1.90. The number of hydrogen-bond acceptors (Lipinski definition) is 5. The molecule has 0 radical (unpaired) electrons. The third-order valence-corrected chi connectivity index (χ3v) is 6.29. The molecule has 0 aliphatic heterocycles. The number of nitrogens with zero attached hydrogens (tertiary/aromatic N) is 2. The van der Waals surface area contributed by atoms with Gasteiger partial charge >= 0.3 is 0 Å². The number of hydrogen-bond donors (Lipinski definition) is 0. The van der Waals surface area contributed by atoms with E-state index in [9.17, 15) is 4.79 Å². The highest BCUT2D eigenvalue weighted by atomic mass is 32.1. The maximum atomic E-state index is 13.5. The zero-order valence-electron chi connectivity index (χ0n) is 16.9. The van der Waals surface area contributed by atoms with Gasteiger partial charge in [0.05, 0.1) is 36.6 Å².